The van der Waals surface area contributed by atoms with Gasteiger partial charge in [-0.2, -0.15) is 0 Å². The summed E-state index contributed by atoms with van der Waals surface area (Å²) in [5.74, 6) is 0.287. The molecule has 0 aromatic heterocycles. The van der Waals surface area contributed by atoms with Crippen LogP contribution >= 0.6 is 0 Å². The largest absolute Gasteiger partial charge is 0.491 e. The third kappa shape index (κ3) is 6.43. The Morgan fingerprint density at radius 2 is 1.59 bits per heavy atom. The van der Waals surface area contributed by atoms with E-state index in [1.54, 1.807) is 19.2 Å². The lowest BCUT2D eigenvalue weighted by Gasteiger charge is -2.12. The maximum atomic E-state index is 11.6. The maximum Gasteiger partial charge on any atom is 0.338 e. The SMILES string of the molecule is COCCOCCOCCOc1cccc(C(=O)OC)c1C. The van der Waals surface area contributed by atoms with Crippen LogP contribution in [0.15, 0.2) is 18.2 Å². The van der Waals surface area contributed by atoms with Crippen LogP contribution in [-0.2, 0) is 18.9 Å². The molecule has 0 saturated carbocycles. The number of rotatable bonds is 11. The van der Waals surface area contributed by atoms with E-state index < -0.39 is 0 Å². The van der Waals surface area contributed by atoms with Crippen molar-refractivity contribution in [3.8, 4) is 5.75 Å². The fourth-order valence-corrected chi connectivity index (χ4v) is 1.78. The summed E-state index contributed by atoms with van der Waals surface area (Å²) in [4.78, 5) is 11.6. The molecule has 6 nitrogen and oxygen atoms in total. The van der Waals surface area contributed by atoms with Gasteiger partial charge in [0, 0.05) is 12.7 Å². The molecule has 0 unspecified atom stereocenters. The molecular weight excluding hydrogens is 288 g/mol. The first-order chi connectivity index (χ1) is 10.7. The summed E-state index contributed by atoms with van der Waals surface area (Å²) in [7, 11) is 2.99. The van der Waals surface area contributed by atoms with Crippen LogP contribution in [-0.4, -0.2) is 59.8 Å². The minimum Gasteiger partial charge on any atom is -0.491 e. The van der Waals surface area contributed by atoms with Gasteiger partial charge in [0.25, 0.3) is 0 Å². The fraction of sp³-hybridized carbons (Fsp3) is 0.562. The Balaban J connectivity index is 2.24. The molecule has 0 aliphatic heterocycles. The maximum absolute atomic E-state index is 11.6. The molecular formula is C16H24O6. The predicted molar refractivity (Wildman–Crippen MR) is 81.5 cm³/mol. The lowest BCUT2D eigenvalue weighted by atomic mass is 10.1. The van der Waals surface area contributed by atoms with Gasteiger partial charge in [-0.05, 0) is 19.1 Å². The second-order valence-corrected chi connectivity index (χ2v) is 4.49. The van der Waals surface area contributed by atoms with Crippen LogP contribution < -0.4 is 4.74 Å². The van der Waals surface area contributed by atoms with Gasteiger partial charge in [-0.25, -0.2) is 4.79 Å². The topological polar surface area (TPSA) is 63.2 Å². The highest BCUT2D eigenvalue weighted by Gasteiger charge is 2.12. The Morgan fingerprint density at radius 1 is 0.955 bits per heavy atom. The molecule has 124 valence electrons. The van der Waals surface area contributed by atoms with E-state index in [1.807, 2.05) is 13.0 Å². The van der Waals surface area contributed by atoms with Crippen LogP contribution in [0.5, 0.6) is 5.75 Å². The number of ether oxygens (including phenoxy) is 5. The van der Waals surface area contributed by atoms with Gasteiger partial charge < -0.3 is 23.7 Å². The second-order valence-electron chi connectivity index (χ2n) is 4.49. The monoisotopic (exact) mass is 312 g/mol. The summed E-state index contributed by atoms with van der Waals surface area (Å²) < 4.78 is 25.9. The zero-order valence-electron chi connectivity index (χ0n) is 13.4. The zero-order chi connectivity index (χ0) is 16.2. The van der Waals surface area contributed by atoms with Gasteiger partial charge >= 0.3 is 5.97 Å². The Kier molecular flexibility index (Phi) is 9.21. The third-order valence-corrected chi connectivity index (χ3v) is 2.98. The van der Waals surface area contributed by atoms with E-state index in [4.69, 9.17) is 23.7 Å². The van der Waals surface area contributed by atoms with E-state index in [-0.39, 0.29) is 5.97 Å². The van der Waals surface area contributed by atoms with Crippen molar-refractivity contribution in [2.75, 3.05) is 53.9 Å². The van der Waals surface area contributed by atoms with Crippen molar-refractivity contribution in [1.82, 2.24) is 0 Å². The molecule has 0 aliphatic rings. The number of benzene rings is 1. The van der Waals surface area contributed by atoms with Gasteiger partial charge in [-0.1, -0.05) is 6.07 Å². The smallest absolute Gasteiger partial charge is 0.338 e. The normalized spacial score (nSPS) is 10.5. The number of methoxy groups -OCH3 is 2. The van der Waals surface area contributed by atoms with Crippen molar-refractivity contribution in [3.63, 3.8) is 0 Å². The number of carbonyl (C=O) groups is 1. The Bertz CT molecular complexity index is 446. The lowest BCUT2D eigenvalue weighted by Crippen LogP contribution is -2.13. The van der Waals surface area contributed by atoms with Gasteiger partial charge in [0.15, 0.2) is 0 Å². The molecule has 0 saturated heterocycles. The minimum absolute atomic E-state index is 0.368. The van der Waals surface area contributed by atoms with E-state index in [0.717, 1.165) is 5.56 Å². The Morgan fingerprint density at radius 3 is 2.23 bits per heavy atom. The van der Waals surface area contributed by atoms with Crippen molar-refractivity contribution >= 4 is 5.97 Å². The van der Waals surface area contributed by atoms with Crippen LogP contribution in [0.1, 0.15) is 15.9 Å². The van der Waals surface area contributed by atoms with Crippen molar-refractivity contribution in [2.24, 2.45) is 0 Å². The summed E-state index contributed by atoms with van der Waals surface area (Å²) in [5, 5.41) is 0. The van der Waals surface area contributed by atoms with Crippen LogP contribution in [0.25, 0.3) is 0 Å². The van der Waals surface area contributed by atoms with Crippen molar-refractivity contribution < 1.29 is 28.5 Å². The van der Waals surface area contributed by atoms with Crippen molar-refractivity contribution in [1.29, 1.82) is 0 Å². The molecule has 1 aromatic rings. The summed E-state index contributed by atoms with van der Waals surface area (Å²) in [5.41, 5.74) is 1.27. The molecule has 0 aliphatic carbocycles. The lowest BCUT2D eigenvalue weighted by molar-refractivity contribution is 0.0179. The quantitative estimate of drug-likeness (QED) is 0.459. The predicted octanol–water partition coefficient (Wildman–Crippen LogP) is 1.84. The number of hydrogen-bond acceptors (Lipinski definition) is 6. The van der Waals surface area contributed by atoms with Gasteiger partial charge in [0.05, 0.1) is 45.7 Å². The van der Waals surface area contributed by atoms with E-state index in [9.17, 15) is 4.79 Å². The highest BCUT2D eigenvalue weighted by Crippen LogP contribution is 2.21. The number of carbonyl (C=O) groups excluding carboxylic acids is 1. The molecule has 0 N–H and O–H groups in total. The molecule has 6 heteroatoms. The molecule has 1 aromatic carbocycles. The summed E-state index contributed by atoms with van der Waals surface area (Å²) >= 11 is 0. The molecule has 22 heavy (non-hydrogen) atoms. The molecule has 0 amide bonds. The van der Waals surface area contributed by atoms with Gasteiger partial charge in [-0.15, -0.1) is 0 Å². The molecule has 1 rings (SSSR count). The molecule has 0 radical (unpaired) electrons. The zero-order valence-corrected chi connectivity index (χ0v) is 13.4. The first-order valence-corrected chi connectivity index (χ1v) is 7.15. The molecule has 0 spiro atoms. The standard InChI is InChI=1S/C16H24O6/c1-13-14(16(17)19-3)5-4-6-15(13)22-12-11-21-10-9-20-8-7-18-2/h4-6H,7-12H2,1-3H3. The summed E-state index contributed by atoms with van der Waals surface area (Å²) in [6.45, 7) is 4.87. The first-order valence-electron chi connectivity index (χ1n) is 7.15. The van der Waals surface area contributed by atoms with E-state index in [0.29, 0.717) is 51.0 Å². The first kappa shape index (κ1) is 18.4. The van der Waals surface area contributed by atoms with Crippen LogP contribution in [0, 0.1) is 6.92 Å². The number of hydrogen-bond donors (Lipinski definition) is 0. The Hall–Kier alpha value is -1.63. The van der Waals surface area contributed by atoms with Gasteiger partial charge in [-0.3, -0.25) is 0 Å². The van der Waals surface area contributed by atoms with Gasteiger partial charge in [0.1, 0.15) is 12.4 Å². The van der Waals surface area contributed by atoms with E-state index >= 15 is 0 Å². The minimum atomic E-state index is -0.368. The average Bonchev–Trinajstić information content (AvgIpc) is 2.54. The fourth-order valence-electron chi connectivity index (χ4n) is 1.78. The molecule has 0 bridgehead atoms. The van der Waals surface area contributed by atoms with Gasteiger partial charge in [0.2, 0.25) is 0 Å². The van der Waals surface area contributed by atoms with Crippen molar-refractivity contribution in [3.05, 3.63) is 29.3 Å². The average molecular weight is 312 g/mol. The summed E-state index contributed by atoms with van der Waals surface area (Å²) in [6.07, 6.45) is 0. The van der Waals surface area contributed by atoms with Crippen LogP contribution in [0.2, 0.25) is 0 Å². The highest BCUT2D eigenvalue weighted by molar-refractivity contribution is 5.91. The summed E-state index contributed by atoms with van der Waals surface area (Å²) in [6, 6.07) is 5.29. The van der Waals surface area contributed by atoms with E-state index in [2.05, 4.69) is 0 Å². The molecule has 0 atom stereocenters. The van der Waals surface area contributed by atoms with Crippen LogP contribution in [0.4, 0.5) is 0 Å². The molecule has 0 fully saturated rings. The van der Waals surface area contributed by atoms with E-state index in [1.165, 1.54) is 7.11 Å². The highest BCUT2D eigenvalue weighted by atomic mass is 16.6. The number of esters is 1. The second kappa shape index (κ2) is 11.0. The third-order valence-electron chi connectivity index (χ3n) is 2.98. The molecule has 0 heterocycles. The Labute approximate surface area is 131 Å². The van der Waals surface area contributed by atoms with Crippen molar-refractivity contribution in [2.45, 2.75) is 6.92 Å². The van der Waals surface area contributed by atoms with Crippen LogP contribution in [0.3, 0.4) is 0 Å².